The van der Waals surface area contributed by atoms with Crippen LogP contribution in [0.25, 0.3) is 4.96 Å². The van der Waals surface area contributed by atoms with Gasteiger partial charge in [-0.2, -0.15) is 0 Å². The van der Waals surface area contributed by atoms with E-state index in [0.29, 0.717) is 5.69 Å². The maximum Gasteiger partial charge on any atom is 0.309 e. The largest absolute Gasteiger partial charge is 0.481 e. The number of rotatable bonds is 2. The molecule has 2 aromatic heterocycles. The Bertz CT molecular complexity index is 541. The van der Waals surface area contributed by atoms with Crippen LogP contribution in [0.15, 0.2) is 6.20 Å². The van der Waals surface area contributed by atoms with Gasteiger partial charge >= 0.3 is 5.97 Å². The highest BCUT2D eigenvalue weighted by atomic mass is 32.1. The van der Waals surface area contributed by atoms with Gasteiger partial charge in [-0.3, -0.25) is 9.20 Å². The molecule has 0 aromatic carbocycles. The van der Waals surface area contributed by atoms with Crippen LogP contribution in [-0.4, -0.2) is 20.5 Å². The van der Waals surface area contributed by atoms with E-state index in [9.17, 15) is 4.79 Å². The molecule has 1 aliphatic carbocycles. The van der Waals surface area contributed by atoms with Crippen molar-refractivity contribution in [3.05, 3.63) is 22.5 Å². The van der Waals surface area contributed by atoms with Gasteiger partial charge in [0.25, 0.3) is 0 Å². The van der Waals surface area contributed by atoms with E-state index in [2.05, 4.69) is 9.38 Å². The van der Waals surface area contributed by atoms with E-state index in [1.54, 1.807) is 11.3 Å². The Hall–Kier alpha value is -1.36. The number of aryl methyl sites for hydroxylation is 2. The highest BCUT2D eigenvalue weighted by Gasteiger charge is 2.19. The molecule has 1 aliphatic rings. The molecule has 0 unspecified atom stereocenters. The summed E-state index contributed by atoms with van der Waals surface area (Å²) in [6, 6.07) is 0. The third kappa shape index (κ3) is 1.34. The molecule has 0 saturated carbocycles. The Morgan fingerprint density at radius 2 is 2.47 bits per heavy atom. The number of hydrogen-bond acceptors (Lipinski definition) is 3. The first-order chi connectivity index (χ1) is 7.24. The van der Waals surface area contributed by atoms with Crippen molar-refractivity contribution < 1.29 is 9.90 Å². The molecule has 78 valence electrons. The average molecular weight is 222 g/mol. The van der Waals surface area contributed by atoms with Crippen molar-refractivity contribution in [1.29, 1.82) is 0 Å². The lowest BCUT2D eigenvalue weighted by atomic mass is 10.3. The second-order valence-electron chi connectivity index (χ2n) is 3.78. The van der Waals surface area contributed by atoms with Crippen molar-refractivity contribution in [3.8, 4) is 0 Å². The topological polar surface area (TPSA) is 54.6 Å². The smallest absolute Gasteiger partial charge is 0.309 e. The number of aromatic nitrogens is 2. The first-order valence-corrected chi connectivity index (χ1v) is 5.76. The number of imidazole rings is 1. The normalized spacial score (nSPS) is 14.7. The quantitative estimate of drug-likeness (QED) is 0.838. The lowest BCUT2D eigenvalue weighted by Crippen LogP contribution is -1.99. The molecule has 0 amide bonds. The standard InChI is InChI=1S/C10H10N2O2S/c13-9(14)4-6-5-12-7-2-1-3-8(7)15-10(12)11-6/h5H,1-4H2,(H,13,14). The van der Waals surface area contributed by atoms with Crippen LogP contribution in [0.2, 0.25) is 0 Å². The van der Waals surface area contributed by atoms with Crippen molar-refractivity contribution in [1.82, 2.24) is 9.38 Å². The summed E-state index contributed by atoms with van der Waals surface area (Å²) in [5.74, 6) is -0.822. The molecule has 2 aromatic rings. The third-order valence-electron chi connectivity index (χ3n) is 2.70. The predicted octanol–water partition coefficient (Wildman–Crippen LogP) is 1.51. The fraction of sp³-hybridized carbons (Fsp3) is 0.400. The summed E-state index contributed by atoms with van der Waals surface area (Å²) < 4.78 is 2.06. The minimum Gasteiger partial charge on any atom is -0.481 e. The first kappa shape index (κ1) is 8.91. The van der Waals surface area contributed by atoms with Crippen LogP contribution < -0.4 is 0 Å². The van der Waals surface area contributed by atoms with Crippen molar-refractivity contribution >= 4 is 22.3 Å². The Labute approximate surface area is 90.2 Å². The van der Waals surface area contributed by atoms with E-state index in [-0.39, 0.29) is 6.42 Å². The second kappa shape index (κ2) is 3.06. The summed E-state index contributed by atoms with van der Waals surface area (Å²) in [5.41, 5.74) is 1.99. The fourth-order valence-electron chi connectivity index (χ4n) is 2.09. The Morgan fingerprint density at radius 3 is 3.27 bits per heavy atom. The first-order valence-electron chi connectivity index (χ1n) is 4.94. The highest BCUT2D eigenvalue weighted by molar-refractivity contribution is 7.17. The zero-order valence-corrected chi connectivity index (χ0v) is 8.88. The number of hydrogen-bond donors (Lipinski definition) is 1. The van der Waals surface area contributed by atoms with E-state index in [4.69, 9.17) is 5.11 Å². The van der Waals surface area contributed by atoms with Crippen LogP contribution in [0.1, 0.15) is 22.7 Å². The van der Waals surface area contributed by atoms with Gasteiger partial charge in [0.1, 0.15) is 0 Å². The second-order valence-corrected chi connectivity index (χ2v) is 4.84. The van der Waals surface area contributed by atoms with Crippen molar-refractivity contribution in [2.75, 3.05) is 0 Å². The lowest BCUT2D eigenvalue weighted by Gasteiger charge is -1.90. The van der Waals surface area contributed by atoms with Gasteiger partial charge in [-0.15, -0.1) is 11.3 Å². The summed E-state index contributed by atoms with van der Waals surface area (Å²) >= 11 is 1.69. The van der Waals surface area contributed by atoms with Gasteiger partial charge in [0, 0.05) is 16.8 Å². The molecule has 0 bridgehead atoms. The molecule has 4 nitrogen and oxygen atoms in total. The zero-order chi connectivity index (χ0) is 10.4. The number of thiazole rings is 1. The summed E-state index contributed by atoms with van der Waals surface area (Å²) in [5, 5.41) is 8.68. The van der Waals surface area contributed by atoms with Gasteiger partial charge < -0.3 is 5.11 Å². The number of fused-ring (bicyclic) bond motifs is 3. The number of aliphatic carboxylic acids is 1. The van der Waals surface area contributed by atoms with Crippen LogP contribution in [0.5, 0.6) is 0 Å². The van der Waals surface area contributed by atoms with Gasteiger partial charge in [-0.25, -0.2) is 4.98 Å². The molecule has 0 saturated heterocycles. The molecule has 15 heavy (non-hydrogen) atoms. The van der Waals surface area contributed by atoms with E-state index >= 15 is 0 Å². The molecule has 0 spiro atoms. The molecule has 0 atom stereocenters. The molecular weight excluding hydrogens is 212 g/mol. The van der Waals surface area contributed by atoms with E-state index in [1.807, 2.05) is 6.20 Å². The number of carboxylic acids is 1. The molecule has 0 radical (unpaired) electrons. The van der Waals surface area contributed by atoms with Crippen LogP contribution >= 0.6 is 11.3 Å². The Morgan fingerprint density at radius 1 is 1.60 bits per heavy atom. The van der Waals surface area contributed by atoms with Gasteiger partial charge in [-0.1, -0.05) is 0 Å². The van der Waals surface area contributed by atoms with E-state index < -0.39 is 5.97 Å². The van der Waals surface area contributed by atoms with Gasteiger partial charge in [-0.05, 0) is 19.3 Å². The van der Waals surface area contributed by atoms with Crippen LogP contribution in [0.3, 0.4) is 0 Å². The van der Waals surface area contributed by atoms with E-state index in [0.717, 1.165) is 17.8 Å². The van der Waals surface area contributed by atoms with E-state index in [1.165, 1.54) is 17.0 Å². The van der Waals surface area contributed by atoms with Crippen molar-refractivity contribution in [2.45, 2.75) is 25.7 Å². The maximum atomic E-state index is 10.6. The van der Waals surface area contributed by atoms with Gasteiger partial charge in [0.05, 0.1) is 12.1 Å². The minimum absolute atomic E-state index is 0.0170. The number of nitrogens with zero attached hydrogens (tertiary/aromatic N) is 2. The number of carbonyl (C=O) groups is 1. The molecule has 3 rings (SSSR count). The van der Waals surface area contributed by atoms with Crippen LogP contribution in [0.4, 0.5) is 0 Å². The summed E-state index contributed by atoms with van der Waals surface area (Å²) in [6.07, 6.45) is 5.34. The van der Waals surface area contributed by atoms with Gasteiger partial charge in [0.2, 0.25) is 0 Å². The Kier molecular flexibility index (Phi) is 1.82. The van der Waals surface area contributed by atoms with Gasteiger partial charge in [0.15, 0.2) is 4.96 Å². The summed E-state index contributed by atoms with van der Waals surface area (Å²) in [6.45, 7) is 0. The monoisotopic (exact) mass is 222 g/mol. The molecule has 1 N–H and O–H groups in total. The SMILES string of the molecule is O=C(O)Cc1cn2c3c(sc2n1)CCC3. The summed E-state index contributed by atoms with van der Waals surface area (Å²) in [4.78, 5) is 17.2. The lowest BCUT2D eigenvalue weighted by molar-refractivity contribution is -0.136. The molecule has 0 aliphatic heterocycles. The van der Waals surface area contributed by atoms with Crippen LogP contribution in [-0.2, 0) is 24.1 Å². The molecule has 5 heteroatoms. The average Bonchev–Trinajstić information content (AvgIpc) is 2.74. The minimum atomic E-state index is -0.822. The van der Waals surface area contributed by atoms with Crippen molar-refractivity contribution in [3.63, 3.8) is 0 Å². The molecular formula is C10H10N2O2S. The fourth-order valence-corrected chi connectivity index (χ4v) is 3.30. The number of carboxylic acid groups (broad SMARTS) is 1. The molecule has 2 heterocycles. The zero-order valence-electron chi connectivity index (χ0n) is 8.06. The van der Waals surface area contributed by atoms with Crippen LogP contribution in [0, 0.1) is 0 Å². The maximum absolute atomic E-state index is 10.6. The Balaban J connectivity index is 2.08. The molecule has 0 fully saturated rings. The third-order valence-corrected chi connectivity index (χ3v) is 3.86. The van der Waals surface area contributed by atoms with Crippen molar-refractivity contribution in [2.24, 2.45) is 0 Å². The highest BCUT2D eigenvalue weighted by Crippen LogP contribution is 2.30. The summed E-state index contributed by atoms with van der Waals surface area (Å²) in [7, 11) is 0. The predicted molar refractivity (Wildman–Crippen MR) is 56.4 cm³/mol.